The minimum absolute atomic E-state index is 0.0504. The van der Waals surface area contributed by atoms with Gasteiger partial charge in [-0.25, -0.2) is 4.98 Å². The lowest BCUT2D eigenvalue weighted by atomic mass is 10.1. The molecular weight excluding hydrogens is 324 g/mol. The van der Waals surface area contributed by atoms with E-state index < -0.39 is 0 Å². The summed E-state index contributed by atoms with van der Waals surface area (Å²) in [6, 6.07) is 15.4. The summed E-state index contributed by atoms with van der Waals surface area (Å²) in [4.78, 5) is 20.4. The Hall–Kier alpha value is -3.21. The molecule has 0 spiro atoms. The first-order valence-corrected chi connectivity index (χ1v) is 8.49. The van der Waals surface area contributed by atoms with Gasteiger partial charge in [-0.1, -0.05) is 17.7 Å². The van der Waals surface area contributed by atoms with E-state index in [-0.39, 0.29) is 5.78 Å². The van der Waals surface area contributed by atoms with Gasteiger partial charge in [0.1, 0.15) is 5.82 Å². The van der Waals surface area contributed by atoms with Gasteiger partial charge in [0.05, 0.1) is 0 Å². The molecule has 5 nitrogen and oxygen atoms in total. The molecule has 0 saturated carbocycles. The molecule has 2 aromatic carbocycles. The van der Waals surface area contributed by atoms with Gasteiger partial charge in [0.25, 0.3) is 0 Å². The van der Waals surface area contributed by atoms with Crippen LogP contribution in [0.3, 0.4) is 0 Å². The number of carbonyl (C=O) groups is 1. The molecule has 0 unspecified atom stereocenters. The third-order valence-corrected chi connectivity index (χ3v) is 4.05. The minimum Gasteiger partial charge on any atom is -0.340 e. The van der Waals surface area contributed by atoms with Crippen molar-refractivity contribution in [2.75, 3.05) is 10.6 Å². The molecule has 0 saturated heterocycles. The number of benzene rings is 2. The maximum atomic E-state index is 11.4. The second-order valence-corrected chi connectivity index (χ2v) is 6.42. The molecule has 0 amide bonds. The van der Waals surface area contributed by atoms with Gasteiger partial charge in [0.2, 0.25) is 5.95 Å². The van der Waals surface area contributed by atoms with Gasteiger partial charge in [0.15, 0.2) is 5.78 Å². The van der Waals surface area contributed by atoms with E-state index in [2.05, 4.69) is 46.6 Å². The van der Waals surface area contributed by atoms with Crippen LogP contribution in [0.4, 0.5) is 23.1 Å². The van der Waals surface area contributed by atoms with Gasteiger partial charge in [-0.2, -0.15) is 4.98 Å². The summed E-state index contributed by atoms with van der Waals surface area (Å²) in [6.45, 7) is 7.61. The molecule has 1 heterocycles. The molecule has 0 aliphatic heterocycles. The zero-order valence-corrected chi connectivity index (χ0v) is 15.4. The molecule has 0 fully saturated rings. The number of aryl methyl sites for hydroxylation is 3. The van der Waals surface area contributed by atoms with E-state index in [0.717, 1.165) is 22.6 Å². The molecule has 132 valence electrons. The summed E-state index contributed by atoms with van der Waals surface area (Å²) in [5.74, 6) is 1.29. The molecule has 3 aromatic rings. The summed E-state index contributed by atoms with van der Waals surface area (Å²) in [5.41, 5.74) is 5.75. The minimum atomic E-state index is 0.0504. The van der Waals surface area contributed by atoms with Crippen molar-refractivity contribution in [3.05, 3.63) is 70.9 Å². The first kappa shape index (κ1) is 17.6. The molecule has 26 heavy (non-hydrogen) atoms. The van der Waals surface area contributed by atoms with Gasteiger partial charge in [-0.05, 0) is 63.6 Å². The number of rotatable bonds is 5. The Balaban J connectivity index is 1.82. The number of hydrogen-bond acceptors (Lipinski definition) is 5. The van der Waals surface area contributed by atoms with Crippen molar-refractivity contribution >= 4 is 28.9 Å². The Kier molecular flexibility index (Phi) is 4.98. The van der Waals surface area contributed by atoms with E-state index in [1.165, 1.54) is 5.56 Å². The van der Waals surface area contributed by atoms with Crippen molar-refractivity contribution in [1.82, 2.24) is 9.97 Å². The number of nitrogens with zero attached hydrogens (tertiary/aromatic N) is 2. The van der Waals surface area contributed by atoms with Gasteiger partial charge >= 0.3 is 0 Å². The number of Topliss-reactive ketones (excluding diaryl/α,β-unsaturated/α-hetero) is 1. The molecule has 0 aliphatic rings. The highest BCUT2D eigenvalue weighted by Crippen LogP contribution is 2.22. The average Bonchev–Trinajstić information content (AvgIpc) is 2.57. The van der Waals surface area contributed by atoms with Crippen molar-refractivity contribution < 1.29 is 4.79 Å². The van der Waals surface area contributed by atoms with Crippen LogP contribution < -0.4 is 10.6 Å². The number of anilines is 4. The van der Waals surface area contributed by atoms with Crippen LogP contribution in [-0.4, -0.2) is 15.8 Å². The van der Waals surface area contributed by atoms with E-state index in [1.54, 1.807) is 19.1 Å². The van der Waals surface area contributed by atoms with Crippen molar-refractivity contribution in [1.29, 1.82) is 0 Å². The highest BCUT2D eigenvalue weighted by molar-refractivity contribution is 5.94. The van der Waals surface area contributed by atoms with Crippen LogP contribution in [0, 0.1) is 20.8 Å². The number of nitrogens with one attached hydrogen (secondary N) is 2. The van der Waals surface area contributed by atoms with Gasteiger partial charge in [-0.3, -0.25) is 4.79 Å². The van der Waals surface area contributed by atoms with E-state index >= 15 is 0 Å². The topological polar surface area (TPSA) is 66.9 Å². The molecule has 0 atom stereocenters. The smallest absolute Gasteiger partial charge is 0.229 e. The average molecular weight is 346 g/mol. The molecule has 2 N–H and O–H groups in total. The lowest BCUT2D eigenvalue weighted by Crippen LogP contribution is -2.03. The maximum Gasteiger partial charge on any atom is 0.229 e. The summed E-state index contributed by atoms with van der Waals surface area (Å²) in [7, 11) is 0. The summed E-state index contributed by atoms with van der Waals surface area (Å²) in [6.07, 6.45) is 0. The van der Waals surface area contributed by atoms with Crippen LogP contribution in [0.2, 0.25) is 0 Å². The zero-order valence-electron chi connectivity index (χ0n) is 15.4. The second-order valence-electron chi connectivity index (χ2n) is 6.42. The molecular formula is C21H22N4O. The SMILES string of the molecule is CC(=O)c1ccc(Nc2cc(C)nc(Nc3ccc(C)cc3C)n2)cc1. The van der Waals surface area contributed by atoms with Crippen molar-refractivity contribution in [2.24, 2.45) is 0 Å². The van der Waals surface area contributed by atoms with E-state index in [1.807, 2.05) is 31.2 Å². The molecule has 0 aliphatic carbocycles. The Morgan fingerprint density at radius 2 is 1.62 bits per heavy atom. The molecule has 3 rings (SSSR count). The Bertz CT molecular complexity index is 949. The fourth-order valence-electron chi connectivity index (χ4n) is 2.70. The summed E-state index contributed by atoms with van der Waals surface area (Å²) in [5, 5.41) is 6.54. The van der Waals surface area contributed by atoms with Gasteiger partial charge < -0.3 is 10.6 Å². The van der Waals surface area contributed by atoms with E-state index in [9.17, 15) is 4.79 Å². The van der Waals surface area contributed by atoms with Crippen molar-refractivity contribution in [2.45, 2.75) is 27.7 Å². The number of carbonyl (C=O) groups excluding carboxylic acids is 1. The van der Waals surface area contributed by atoms with Crippen LogP contribution in [0.1, 0.15) is 34.1 Å². The quantitative estimate of drug-likeness (QED) is 0.630. The molecule has 1 aromatic heterocycles. The van der Waals surface area contributed by atoms with Crippen LogP contribution in [-0.2, 0) is 0 Å². The lowest BCUT2D eigenvalue weighted by molar-refractivity contribution is 0.101. The predicted octanol–water partition coefficient (Wildman–Crippen LogP) is 5.09. The monoisotopic (exact) mass is 346 g/mol. The Morgan fingerprint density at radius 1 is 0.885 bits per heavy atom. The van der Waals surface area contributed by atoms with Gasteiger partial charge in [0, 0.05) is 28.7 Å². The molecule has 5 heteroatoms. The number of aromatic nitrogens is 2. The maximum absolute atomic E-state index is 11.4. The number of ketones is 1. The fraction of sp³-hybridized carbons (Fsp3) is 0.190. The summed E-state index contributed by atoms with van der Waals surface area (Å²) < 4.78 is 0. The molecule has 0 bridgehead atoms. The van der Waals surface area contributed by atoms with Crippen molar-refractivity contribution in [3.63, 3.8) is 0 Å². The van der Waals surface area contributed by atoms with Crippen LogP contribution in [0.15, 0.2) is 48.5 Å². The predicted molar refractivity (Wildman–Crippen MR) is 106 cm³/mol. The summed E-state index contributed by atoms with van der Waals surface area (Å²) >= 11 is 0. The van der Waals surface area contributed by atoms with Crippen LogP contribution in [0.25, 0.3) is 0 Å². The van der Waals surface area contributed by atoms with Crippen molar-refractivity contribution in [3.8, 4) is 0 Å². The first-order valence-electron chi connectivity index (χ1n) is 8.49. The van der Waals surface area contributed by atoms with Crippen LogP contribution in [0.5, 0.6) is 0 Å². The number of hydrogen-bond donors (Lipinski definition) is 2. The van der Waals surface area contributed by atoms with Gasteiger partial charge in [-0.15, -0.1) is 0 Å². The van der Waals surface area contributed by atoms with E-state index in [4.69, 9.17) is 0 Å². The normalized spacial score (nSPS) is 10.5. The third kappa shape index (κ3) is 4.25. The Morgan fingerprint density at radius 3 is 2.27 bits per heavy atom. The van der Waals surface area contributed by atoms with Crippen LogP contribution >= 0.6 is 0 Å². The fourth-order valence-corrected chi connectivity index (χ4v) is 2.70. The highest BCUT2D eigenvalue weighted by atomic mass is 16.1. The first-order chi connectivity index (χ1) is 12.4. The highest BCUT2D eigenvalue weighted by Gasteiger charge is 2.06. The van der Waals surface area contributed by atoms with E-state index in [0.29, 0.717) is 17.3 Å². The third-order valence-electron chi connectivity index (χ3n) is 4.05. The molecule has 0 radical (unpaired) electrons. The largest absolute Gasteiger partial charge is 0.340 e. The second kappa shape index (κ2) is 7.35. The standard InChI is InChI=1S/C21H22N4O/c1-13-5-10-19(14(2)11-13)24-21-22-15(3)12-20(25-21)23-18-8-6-17(7-9-18)16(4)26/h5-12H,1-4H3,(H2,22,23,24,25). The zero-order chi connectivity index (χ0) is 18.7. The Labute approximate surface area is 153 Å². The lowest BCUT2D eigenvalue weighted by Gasteiger charge is -2.12.